The first-order valence-corrected chi connectivity index (χ1v) is 7.93. The predicted octanol–water partition coefficient (Wildman–Crippen LogP) is 2.24. The van der Waals surface area contributed by atoms with E-state index in [1.807, 2.05) is 6.07 Å². The molecule has 5 nitrogen and oxygen atoms in total. The van der Waals surface area contributed by atoms with Gasteiger partial charge >= 0.3 is 0 Å². The van der Waals surface area contributed by atoms with Gasteiger partial charge in [-0.25, -0.2) is 8.42 Å². The van der Waals surface area contributed by atoms with E-state index in [4.69, 9.17) is 0 Å². The van der Waals surface area contributed by atoms with Gasteiger partial charge in [0.15, 0.2) is 0 Å². The highest BCUT2D eigenvalue weighted by molar-refractivity contribution is 7.92. The van der Waals surface area contributed by atoms with Gasteiger partial charge in [-0.1, -0.05) is 0 Å². The van der Waals surface area contributed by atoms with Crippen LogP contribution in [0.25, 0.3) is 0 Å². The lowest BCUT2D eigenvalue weighted by Gasteiger charge is -2.18. The van der Waals surface area contributed by atoms with Gasteiger partial charge in [0, 0.05) is 24.6 Å². The molecule has 0 spiro atoms. The van der Waals surface area contributed by atoms with E-state index >= 15 is 0 Å². The first-order chi connectivity index (χ1) is 9.65. The number of nitrogens with one attached hydrogen (secondary N) is 2. The molecule has 1 aromatic heterocycles. The minimum atomic E-state index is -3.55. The second kappa shape index (κ2) is 5.13. The Kier molecular flexibility index (Phi) is 3.31. The molecule has 2 heterocycles. The molecule has 0 aliphatic carbocycles. The summed E-state index contributed by atoms with van der Waals surface area (Å²) in [6.07, 6.45) is 5.03. The number of hydrogen-bond donors (Lipinski definition) is 2. The molecule has 2 N–H and O–H groups in total. The van der Waals surface area contributed by atoms with Crippen LogP contribution in [0.3, 0.4) is 0 Å². The molecule has 0 fully saturated rings. The van der Waals surface area contributed by atoms with E-state index < -0.39 is 10.0 Å². The highest BCUT2D eigenvalue weighted by Gasteiger charge is 2.17. The van der Waals surface area contributed by atoms with E-state index in [1.54, 1.807) is 36.7 Å². The van der Waals surface area contributed by atoms with Crippen LogP contribution in [0.15, 0.2) is 47.6 Å². The van der Waals surface area contributed by atoms with Gasteiger partial charge in [-0.15, -0.1) is 0 Å². The number of aromatic nitrogens is 1. The number of anilines is 2. The SMILES string of the molecule is O=S(=O)(Nc1ccncc1)c1ccc2c(c1)CCCN2. The van der Waals surface area contributed by atoms with Gasteiger partial charge in [-0.2, -0.15) is 0 Å². The van der Waals surface area contributed by atoms with Crippen molar-refractivity contribution >= 4 is 21.4 Å². The van der Waals surface area contributed by atoms with Gasteiger partial charge in [-0.05, 0) is 48.7 Å². The van der Waals surface area contributed by atoms with E-state index in [0.717, 1.165) is 30.6 Å². The van der Waals surface area contributed by atoms with Crippen LogP contribution in [0.2, 0.25) is 0 Å². The molecule has 0 radical (unpaired) electrons. The Morgan fingerprint density at radius 3 is 2.75 bits per heavy atom. The minimum Gasteiger partial charge on any atom is -0.385 e. The number of pyridine rings is 1. The summed E-state index contributed by atoms with van der Waals surface area (Å²) in [5.41, 5.74) is 2.59. The highest BCUT2D eigenvalue weighted by atomic mass is 32.2. The molecule has 0 saturated heterocycles. The Bertz CT molecular complexity index is 714. The number of hydrogen-bond acceptors (Lipinski definition) is 4. The molecule has 0 bridgehead atoms. The maximum Gasteiger partial charge on any atom is 0.261 e. The van der Waals surface area contributed by atoms with Crippen LogP contribution in [0.1, 0.15) is 12.0 Å². The topological polar surface area (TPSA) is 71.1 Å². The average Bonchev–Trinajstić information content (AvgIpc) is 2.47. The summed E-state index contributed by atoms with van der Waals surface area (Å²) in [5, 5.41) is 3.27. The summed E-state index contributed by atoms with van der Waals surface area (Å²) in [6.45, 7) is 0.939. The van der Waals surface area contributed by atoms with Crippen molar-refractivity contribution in [1.82, 2.24) is 4.98 Å². The van der Waals surface area contributed by atoms with Crippen molar-refractivity contribution in [3.05, 3.63) is 48.3 Å². The Labute approximate surface area is 118 Å². The third-order valence-electron chi connectivity index (χ3n) is 3.26. The van der Waals surface area contributed by atoms with Crippen LogP contribution in [0.5, 0.6) is 0 Å². The number of aryl methyl sites for hydroxylation is 1. The van der Waals surface area contributed by atoms with Crippen molar-refractivity contribution in [1.29, 1.82) is 0 Å². The summed E-state index contributed by atoms with van der Waals surface area (Å²) >= 11 is 0. The van der Waals surface area contributed by atoms with Crippen molar-refractivity contribution in [2.24, 2.45) is 0 Å². The molecule has 1 aliphatic rings. The summed E-state index contributed by atoms with van der Waals surface area (Å²) in [5.74, 6) is 0. The molecule has 0 unspecified atom stereocenters. The van der Waals surface area contributed by atoms with Gasteiger partial charge in [0.05, 0.1) is 10.6 Å². The lowest BCUT2D eigenvalue weighted by atomic mass is 10.0. The normalized spacial score (nSPS) is 14.2. The third-order valence-corrected chi connectivity index (χ3v) is 4.64. The Morgan fingerprint density at radius 1 is 1.15 bits per heavy atom. The van der Waals surface area contributed by atoms with Gasteiger partial charge < -0.3 is 5.32 Å². The molecule has 3 rings (SSSR count). The fraction of sp³-hybridized carbons (Fsp3) is 0.214. The first-order valence-electron chi connectivity index (χ1n) is 6.45. The molecule has 1 aliphatic heterocycles. The standard InChI is InChI=1S/C14H15N3O2S/c18-20(19,17-12-5-8-15-9-6-12)13-3-4-14-11(10-13)2-1-7-16-14/h3-6,8-10,16H,1-2,7H2,(H,15,17). The molecule has 0 amide bonds. The van der Waals surface area contributed by atoms with Crippen molar-refractivity contribution in [2.75, 3.05) is 16.6 Å². The zero-order valence-electron chi connectivity index (χ0n) is 10.8. The molecule has 2 aromatic rings. The van der Waals surface area contributed by atoms with Crippen LogP contribution in [-0.4, -0.2) is 19.9 Å². The van der Waals surface area contributed by atoms with Crippen LogP contribution < -0.4 is 10.0 Å². The molecule has 20 heavy (non-hydrogen) atoms. The van der Waals surface area contributed by atoms with Crippen molar-refractivity contribution in [3.8, 4) is 0 Å². The number of rotatable bonds is 3. The fourth-order valence-electron chi connectivity index (χ4n) is 2.25. The van der Waals surface area contributed by atoms with Gasteiger partial charge in [0.1, 0.15) is 0 Å². The Balaban J connectivity index is 1.91. The van der Waals surface area contributed by atoms with E-state index in [9.17, 15) is 8.42 Å². The second-order valence-corrected chi connectivity index (χ2v) is 6.37. The summed E-state index contributed by atoms with van der Waals surface area (Å²) in [6, 6.07) is 8.44. The summed E-state index contributed by atoms with van der Waals surface area (Å²) < 4.78 is 27.2. The maximum atomic E-state index is 12.3. The minimum absolute atomic E-state index is 0.289. The lowest BCUT2D eigenvalue weighted by molar-refractivity contribution is 0.601. The van der Waals surface area contributed by atoms with Gasteiger partial charge in [0.2, 0.25) is 0 Å². The molecular formula is C14H15N3O2S. The van der Waals surface area contributed by atoms with E-state index in [-0.39, 0.29) is 4.90 Å². The lowest BCUT2D eigenvalue weighted by Crippen LogP contribution is -2.16. The third kappa shape index (κ3) is 2.60. The zero-order chi connectivity index (χ0) is 14.0. The molecule has 104 valence electrons. The number of fused-ring (bicyclic) bond motifs is 1. The molecule has 6 heteroatoms. The monoisotopic (exact) mass is 289 g/mol. The van der Waals surface area contributed by atoms with Gasteiger partial charge in [0.25, 0.3) is 10.0 Å². The van der Waals surface area contributed by atoms with Crippen LogP contribution in [0, 0.1) is 0 Å². The van der Waals surface area contributed by atoms with E-state index in [0.29, 0.717) is 5.69 Å². The van der Waals surface area contributed by atoms with Crippen molar-refractivity contribution < 1.29 is 8.42 Å². The number of nitrogens with zero attached hydrogens (tertiary/aromatic N) is 1. The van der Waals surface area contributed by atoms with E-state index in [1.165, 1.54) is 0 Å². The summed E-state index contributed by atoms with van der Waals surface area (Å²) in [7, 11) is -3.55. The fourth-order valence-corrected chi connectivity index (χ4v) is 3.36. The van der Waals surface area contributed by atoms with Crippen LogP contribution >= 0.6 is 0 Å². The highest BCUT2D eigenvalue weighted by Crippen LogP contribution is 2.25. The van der Waals surface area contributed by atoms with Crippen molar-refractivity contribution in [3.63, 3.8) is 0 Å². The van der Waals surface area contributed by atoms with Crippen LogP contribution in [0.4, 0.5) is 11.4 Å². The predicted molar refractivity (Wildman–Crippen MR) is 78.3 cm³/mol. The molecule has 0 atom stereocenters. The second-order valence-electron chi connectivity index (χ2n) is 4.69. The largest absolute Gasteiger partial charge is 0.385 e. The Hall–Kier alpha value is -2.08. The molecule has 0 saturated carbocycles. The average molecular weight is 289 g/mol. The van der Waals surface area contributed by atoms with Crippen LogP contribution in [-0.2, 0) is 16.4 Å². The number of benzene rings is 1. The first kappa shape index (κ1) is 12.9. The zero-order valence-corrected chi connectivity index (χ0v) is 11.7. The van der Waals surface area contributed by atoms with Gasteiger partial charge in [-0.3, -0.25) is 9.71 Å². The van der Waals surface area contributed by atoms with Crippen molar-refractivity contribution in [2.45, 2.75) is 17.7 Å². The Morgan fingerprint density at radius 2 is 1.95 bits per heavy atom. The maximum absolute atomic E-state index is 12.3. The number of sulfonamides is 1. The van der Waals surface area contributed by atoms with E-state index in [2.05, 4.69) is 15.0 Å². The molecule has 1 aromatic carbocycles. The molecular weight excluding hydrogens is 274 g/mol. The summed E-state index contributed by atoms with van der Waals surface area (Å²) in [4.78, 5) is 4.15. The quantitative estimate of drug-likeness (QED) is 0.909. The smallest absolute Gasteiger partial charge is 0.261 e.